The van der Waals surface area contributed by atoms with E-state index in [-0.39, 0.29) is 23.9 Å². The smallest absolute Gasteiger partial charge is 0.354 e. The van der Waals surface area contributed by atoms with Gasteiger partial charge in [-0.15, -0.1) is 12.4 Å². The highest BCUT2D eigenvalue weighted by Crippen LogP contribution is 2.30. The van der Waals surface area contributed by atoms with E-state index >= 15 is 0 Å². The number of halogens is 1. The molecule has 0 atom stereocenters. The van der Waals surface area contributed by atoms with Gasteiger partial charge in [0, 0.05) is 23.8 Å². The number of anilines is 1. The van der Waals surface area contributed by atoms with E-state index in [1.165, 1.54) is 0 Å². The minimum Gasteiger partial charge on any atom is -0.507 e. The Morgan fingerprint density at radius 1 is 1.17 bits per heavy atom. The number of hydrogen-bond donors (Lipinski definition) is 3. The maximum absolute atomic E-state index is 11.0. The van der Waals surface area contributed by atoms with Gasteiger partial charge in [-0.1, -0.05) is 6.07 Å². The quantitative estimate of drug-likeness (QED) is 0.627. The number of aryl methyl sites for hydroxylation is 2. The summed E-state index contributed by atoms with van der Waals surface area (Å²) in [4.78, 5) is 19.1. The summed E-state index contributed by atoms with van der Waals surface area (Å²) in [5.41, 5.74) is 8.45. The predicted octanol–water partition coefficient (Wildman–Crippen LogP) is 2.82. The minimum atomic E-state index is -1.21. The predicted molar refractivity (Wildman–Crippen MR) is 93.7 cm³/mol. The monoisotopic (exact) mass is 345 g/mol. The Kier molecular flexibility index (Phi) is 5.21. The summed E-state index contributed by atoms with van der Waals surface area (Å²) in [5, 5.41) is 19.5. The number of hydrogen-bond acceptors (Lipinski definition) is 5. The van der Waals surface area contributed by atoms with Gasteiger partial charge in [0.05, 0.1) is 11.2 Å². The Morgan fingerprint density at radius 3 is 2.58 bits per heavy atom. The number of nitrogens with zero attached hydrogens (tertiary/aromatic N) is 2. The molecule has 6 nitrogen and oxygen atoms in total. The van der Waals surface area contributed by atoms with Gasteiger partial charge in [-0.3, -0.25) is 4.98 Å². The zero-order chi connectivity index (χ0) is 16.4. The molecule has 0 unspecified atom stereocenters. The number of carbonyl (C=O) groups is 1. The number of aromatic carboxylic acids is 1. The second-order valence-electron chi connectivity index (χ2n) is 5.27. The number of nitrogen functional groups attached to an aromatic ring is 1. The van der Waals surface area contributed by atoms with Crippen molar-refractivity contribution < 1.29 is 15.0 Å². The number of carboxylic acids is 1. The summed E-state index contributed by atoms with van der Waals surface area (Å²) in [6, 6.07) is 8.56. The number of carboxylic acid groups (broad SMARTS) is 1. The van der Waals surface area contributed by atoms with Gasteiger partial charge in [-0.2, -0.15) is 0 Å². The summed E-state index contributed by atoms with van der Waals surface area (Å²) in [7, 11) is 0. The van der Waals surface area contributed by atoms with E-state index in [1.807, 2.05) is 18.3 Å². The highest BCUT2D eigenvalue weighted by molar-refractivity contribution is 5.98. The normalized spacial score (nSPS) is 10.3. The molecular formula is C17H16ClN3O3. The van der Waals surface area contributed by atoms with E-state index in [0.29, 0.717) is 16.6 Å². The van der Waals surface area contributed by atoms with Crippen molar-refractivity contribution in [2.75, 3.05) is 5.73 Å². The maximum atomic E-state index is 11.0. The molecule has 0 fully saturated rings. The lowest BCUT2D eigenvalue weighted by Gasteiger charge is -2.09. The second-order valence-corrected chi connectivity index (χ2v) is 5.27. The first kappa shape index (κ1) is 17.5. The van der Waals surface area contributed by atoms with Crippen molar-refractivity contribution in [3.05, 3.63) is 59.5 Å². The maximum Gasteiger partial charge on any atom is 0.354 e. The van der Waals surface area contributed by atoms with Crippen molar-refractivity contribution in [2.24, 2.45) is 0 Å². The second kappa shape index (κ2) is 7.14. The molecule has 0 radical (unpaired) electrons. The topological polar surface area (TPSA) is 109 Å². The zero-order valence-corrected chi connectivity index (χ0v) is 13.5. The fraction of sp³-hybridized carbons (Fsp3) is 0.118. The first-order valence-electron chi connectivity index (χ1n) is 7.09. The molecule has 24 heavy (non-hydrogen) atoms. The van der Waals surface area contributed by atoms with Gasteiger partial charge in [0.25, 0.3) is 0 Å². The molecular weight excluding hydrogens is 330 g/mol. The average Bonchev–Trinajstić information content (AvgIpc) is 2.54. The summed E-state index contributed by atoms with van der Waals surface area (Å²) < 4.78 is 0. The summed E-state index contributed by atoms with van der Waals surface area (Å²) >= 11 is 0. The van der Waals surface area contributed by atoms with Crippen molar-refractivity contribution in [3.8, 4) is 5.75 Å². The van der Waals surface area contributed by atoms with E-state index in [2.05, 4.69) is 9.97 Å². The van der Waals surface area contributed by atoms with Gasteiger partial charge in [0.15, 0.2) is 5.69 Å². The van der Waals surface area contributed by atoms with Crippen LogP contribution in [0, 0.1) is 0 Å². The molecule has 7 heteroatoms. The van der Waals surface area contributed by atoms with Gasteiger partial charge >= 0.3 is 5.97 Å². The Hall–Kier alpha value is -2.86. The van der Waals surface area contributed by atoms with Crippen molar-refractivity contribution in [3.63, 3.8) is 0 Å². The molecule has 4 N–H and O–H groups in total. The summed E-state index contributed by atoms with van der Waals surface area (Å²) in [5.74, 6) is -1.34. The van der Waals surface area contributed by atoms with Crippen LogP contribution in [-0.2, 0) is 12.8 Å². The third kappa shape index (κ3) is 3.55. The Balaban J connectivity index is 0.00000208. The van der Waals surface area contributed by atoms with Crippen molar-refractivity contribution >= 4 is 35.0 Å². The molecule has 0 amide bonds. The van der Waals surface area contributed by atoms with Crippen LogP contribution in [0.3, 0.4) is 0 Å². The molecule has 0 saturated carbocycles. The molecule has 1 aromatic carbocycles. The van der Waals surface area contributed by atoms with Crippen LogP contribution in [0.4, 0.5) is 5.69 Å². The zero-order valence-electron chi connectivity index (χ0n) is 12.6. The number of aromatic hydroxyl groups is 1. The molecule has 0 spiro atoms. The lowest BCUT2D eigenvalue weighted by Crippen LogP contribution is -2.02. The first-order chi connectivity index (χ1) is 11.0. The van der Waals surface area contributed by atoms with E-state index in [1.54, 1.807) is 18.3 Å². The molecule has 2 aromatic heterocycles. The Morgan fingerprint density at radius 2 is 1.92 bits per heavy atom. The fourth-order valence-corrected chi connectivity index (χ4v) is 2.49. The van der Waals surface area contributed by atoms with Crippen molar-refractivity contribution in [2.45, 2.75) is 12.8 Å². The van der Waals surface area contributed by atoms with Crippen LogP contribution in [0.15, 0.2) is 42.7 Å². The fourth-order valence-electron chi connectivity index (χ4n) is 2.49. The van der Waals surface area contributed by atoms with Crippen molar-refractivity contribution in [1.82, 2.24) is 9.97 Å². The largest absolute Gasteiger partial charge is 0.507 e. The van der Waals surface area contributed by atoms with Gasteiger partial charge in [0.1, 0.15) is 5.75 Å². The number of rotatable bonds is 4. The van der Waals surface area contributed by atoms with Crippen LogP contribution in [0.2, 0.25) is 0 Å². The van der Waals surface area contributed by atoms with E-state index in [9.17, 15) is 9.90 Å². The Bertz CT molecular complexity index is 885. The highest BCUT2D eigenvalue weighted by atomic mass is 35.5. The molecule has 3 rings (SSSR count). The molecule has 0 saturated heterocycles. The van der Waals surface area contributed by atoms with Crippen LogP contribution in [0.1, 0.15) is 21.6 Å². The van der Waals surface area contributed by atoms with E-state index in [4.69, 9.17) is 10.8 Å². The molecule has 3 aromatic rings. The van der Waals surface area contributed by atoms with Gasteiger partial charge in [0.2, 0.25) is 0 Å². The lowest BCUT2D eigenvalue weighted by molar-refractivity contribution is 0.0690. The van der Waals surface area contributed by atoms with Gasteiger partial charge in [-0.25, -0.2) is 9.78 Å². The number of nitrogens with two attached hydrogens (primary N) is 1. The van der Waals surface area contributed by atoms with Crippen molar-refractivity contribution in [1.29, 1.82) is 0 Å². The van der Waals surface area contributed by atoms with E-state index in [0.717, 1.165) is 30.0 Å². The SMILES string of the molecule is Cl.Nc1cc(CCc2cccnc2)cc2c(O)cc(C(=O)O)nc12. The third-order valence-electron chi connectivity index (χ3n) is 3.63. The molecule has 124 valence electrons. The van der Waals surface area contributed by atoms with Crippen LogP contribution >= 0.6 is 12.4 Å². The number of benzene rings is 1. The van der Waals surface area contributed by atoms with E-state index < -0.39 is 5.97 Å². The third-order valence-corrected chi connectivity index (χ3v) is 3.63. The van der Waals surface area contributed by atoms with Crippen LogP contribution in [0.25, 0.3) is 10.9 Å². The Labute approximate surface area is 144 Å². The van der Waals surface area contributed by atoms with Crippen LogP contribution < -0.4 is 5.73 Å². The average molecular weight is 346 g/mol. The van der Waals surface area contributed by atoms with Crippen LogP contribution in [-0.4, -0.2) is 26.2 Å². The number of pyridine rings is 2. The summed E-state index contributed by atoms with van der Waals surface area (Å²) in [6.45, 7) is 0. The molecule has 0 aliphatic carbocycles. The van der Waals surface area contributed by atoms with Gasteiger partial charge in [-0.05, 0) is 42.2 Å². The molecule has 0 aliphatic heterocycles. The minimum absolute atomic E-state index is 0. The summed E-state index contributed by atoms with van der Waals surface area (Å²) in [6.07, 6.45) is 5.05. The number of aromatic nitrogens is 2. The highest BCUT2D eigenvalue weighted by Gasteiger charge is 2.13. The lowest BCUT2D eigenvalue weighted by atomic mass is 10.0. The molecule has 2 heterocycles. The van der Waals surface area contributed by atoms with Gasteiger partial charge < -0.3 is 15.9 Å². The number of fused-ring (bicyclic) bond motifs is 1. The molecule has 0 aliphatic rings. The first-order valence-corrected chi connectivity index (χ1v) is 7.09. The molecule has 0 bridgehead atoms. The standard InChI is InChI=1S/C17H15N3O3.ClH/c18-13-7-11(4-3-10-2-1-5-19-9-10)6-12-15(21)8-14(17(22)23)20-16(12)13;/h1-2,5-9H,3-4,18H2,(H,20,21)(H,22,23);1H. The van der Waals surface area contributed by atoms with Crippen LogP contribution in [0.5, 0.6) is 5.75 Å².